The number of rotatable bonds is 4. The smallest absolute Gasteiger partial charge is 0.326 e. The number of aliphatic carboxylic acids is 1. The van der Waals surface area contributed by atoms with E-state index in [0.29, 0.717) is 0 Å². The van der Waals surface area contributed by atoms with E-state index in [1.165, 1.54) is 6.92 Å². The second-order valence-corrected chi connectivity index (χ2v) is 3.68. The van der Waals surface area contributed by atoms with E-state index in [1.54, 1.807) is 24.3 Å². The quantitative estimate of drug-likeness (QED) is 0.670. The lowest BCUT2D eigenvalue weighted by Gasteiger charge is -2.27. The Kier molecular flexibility index (Phi) is 3.44. The first-order valence-corrected chi connectivity index (χ1v) is 4.71. The SMILES string of the molecule is CC(O)C(N)(Cc1ccccc1)C(=O)O. The standard InChI is InChI=1S/C11H15NO3/c1-8(13)11(12,10(14)15)7-9-5-3-2-4-6-9/h2-6,8,13H,7,12H2,1H3,(H,14,15). The van der Waals surface area contributed by atoms with E-state index in [0.717, 1.165) is 5.56 Å². The van der Waals surface area contributed by atoms with Gasteiger partial charge in [-0.25, -0.2) is 0 Å². The van der Waals surface area contributed by atoms with Crippen molar-refractivity contribution < 1.29 is 15.0 Å². The average Bonchev–Trinajstić information content (AvgIpc) is 2.18. The topological polar surface area (TPSA) is 83.5 Å². The third-order valence-electron chi connectivity index (χ3n) is 2.48. The van der Waals surface area contributed by atoms with E-state index in [2.05, 4.69) is 0 Å². The summed E-state index contributed by atoms with van der Waals surface area (Å²) < 4.78 is 0. The van der Waals surface area contributed by atoms with Gasteiger partial charge in [-0.1, -0.05) is 30.3 Å². The summed E-state index contributed by atoms with van der Waals surface area (Å²) in [5.41, 5.74) is 4.84. The summed E-state index contributed by atoms with van der Waals surface area (Å²) in [6, 6.07) is 9.02. The van der Waals surface area contributed by atoms with Gasteiger partial charge in [0, 0.05) is 6.42 Å². The van der Waals surface area contributed by atoms with Gasteiger partial charge in [-0.3, -0.25) is 4.79 Å². The highest BCUT2D eigenvalue weighted by Crippen LogP contribution is 2.15. The third kappa shape index (κ3) is 2.55. The fourth-order valence-electron chi connectivity index (χ4n) is 1.34. The summed E-state index contributed by atoms with van der Waals surface area (Å²) in [6.07, 6.45) is -0.990. The minimum absolute atomic E-state index is 0.112. The van der Waals surface area contributed by atoms with Gasteiger partial charge in [-0.05, 0) is 12.5 Å². The number of hydrogen-bond acceptors (Lipinski definition) is 3. The molecular formula is C11H15NO3. The maximum Gasteiger partial charge on any atom is 0.326 e. The summed E-state index contributed by atoms with van der Waals surface area (Å²) in [7, 11) is 0. The first-order chi connectivity index (χ1) is 6.97. The summed E-state index contributed by atoms with van der Waals surface area (Å²) in [6.45, 7) is 1.39. The molecule has 0 amide bonds. The summed E-state index contributed by atoms with van der Waals surface area (Å²) in [5.74, 6) is -1.19. The fraction of sp³-hybridized carbons (Fsp3) is 0.364. The molecule has 0 spiro atoms. The van der Waals surface area contributed by atoms with Gasteiger partial charge in [0.15, 0.2) is 0 Å². The Bertz CT molecular complexity index is 337. The van der Waals surface area contributed by atoms with Gasteiger partial charge >= 0.3 is 5.97 Å². The molecule has 0 aliphatic carbocycles. The molecule has 1 aromatic rings. The van der Waals surface area contributed by atoms with Gasteiger partial charge in [0.05, 0.1) is 6.10 Å². The van der Waals surface area contributed by atoms with Gasteiger partial charge in [-0.15, -0.1) is 0 Å². The Morgan fingerprint density at radius 1 is 1.47 bits per heavy atom. The molecule has 0 saturated carbocycles. The molecule has 0 bridgehead atoms. The van der Waals surface area contributed by atoms with E-state index in [1.807, 2.05) is 6.07 Å². The van der Waals surface area contributed by atoms with Gasteiger partial charge in [-0.2, -0.15) is 0 Å². The second kappa shape index (κ2) is 4.42. The molecular weight excluding hydrogens is 194 g/mol. The first-order valence-electron chi connectivity index (χ1n) is 4.71. The van der Waals surface area contributed by atoms with Crippen LogP contribution < -0.4 is 5.73 Å². The highest BCUT2D eigenvalue weighted by atomic mass is 16.4. The van der Waals surface area contributed by atoms with Crippen molar-refractivity contribution >= 4 is 5.97 Å². The highest BCUT2D eigenvalue weighted by molar-refractivity contribution is 5.79. The van der Waals surface area contributed by atoms with Crippen LogP contribution in [-0.2, 0) is 11.2 Å². The molecule has 2 atom stereocenters. The van der Waals surface area contributed by atoms with Gasteiger partial charge in [0.25, 0.3) is 0 Å². The van der Waals surface area contributed by atoms with Crippen LogP contribution in [0.25, 0.3) is 0 Å². The van der Waals surface area contributed by atoms with Crippen LogP contribution in [0.5, 0.6) is 0 Å². The minimum Gasteiger partial charge on any atom is -0.480 e. The minimum atomic E-state index is -1.62. The molecule has 0 radical (unpaired) electrons. The number of benzene rings is 1. The third-order valence-corrected chi connectivity index (χ3v) is 2.48. The molecule has 4 N–H and O–H groups in total. The van der Waals surface area contributed by atoms with Gasteiger partial charge in [0.1, 0.15) is 5.54 Å². The molecule has 82 valence electrons. The predicted molar refractivity (Wildman–Crippen MR) is 56.4 cm³/mol. The van der Waals surface area contributed by atoms with Crippen LogP contribution in [0.2, 0.25) is 0 Å². The zero-order valence-corrected chi connectivity index (χ0v) is 8.55. The number of aliphatic hydroxyl groups excluding tert-OH is 1. The maximum atomic E-state index is 11.0. The van der Waals surface area contributed by atoms with E-state index in [9.17, 15) is 9.90 Å². The maximum absolute atomic E-state index is 11.0. The molecule has 2 unspecified atom stereocenters. The monoisotopic (exact) mass is 209 g/mol. The number of carboxylic acids is 1. The van der Waals surface area contributed by atoms with Crippen LogP contribution in [0.1, 0.15) is 12.5 Å². The molecule has 0 saturated heterocycles. The van der Waals surface area contributed by atoms with Crippen LogP contribution in [-0.4, -0.2) is 27.8 Å². The Morgan fingerprint density at radius 2 is 2.00 bits per heavy atom. The number of carboxylic acid groups (broad SMARTS) is 1. The van der Waals surface area contributed by atoms with Gasteiger partial charge in [0.2, 0.25) is 0 Å². The molecule has 1 aromatic carbocycles. The van der Waals surface area contributed by atoms with Crippen molar-refractivity contribution in [3.8, 4) is 0 Å². The summed E-state index contributed by atoms with van der Waals surface area (Å²) in [5, 5.41) is 18.4. The average molecular weight is 209 g/mol. The molecule has 0 aliphatic heterocycles. The lowest BCUT2D eigenvalue weighted by atomic mass is 9.87. The first kappa shape index (κ1) is 11.7. The van der Waals surface area contributed by atoms with Crippen molar-refractivity contribution in [1.29, 1.82) is 0 Å². The van der Waals surface area contributed by atoms with Crippen LogP contribution >= 0.6 is 0 Å². The summed E-state index contributed by atoms with van der Waals surface area (Å²) >= 11 is 0. The van der Waals surface area contributed by atoms with Crippen molar-refractivity contribution in [3.63, 3.8) is 0 Å². The molecule has 4 nitrogen and oxygen atoms in total. The lowest BCUT2D eigenvalue weighted by Crippen LogP contribution is -2.57. The number of hydrogen-bond donors (Lipinski definition) is 3. The molecule has 0 heterocycles. The van der Waals surface area contributed by atoms with E-state index in [-0.39, 0.29) is 6.42 Å². The van der Waals surface area contributed by atoms with E-state index >= 15 is 0 Å². The zero-order valence-electron chi connectivity index (χ0n) is 8.55. The Balaban J connectivity index is 2.90. The van der Waals surface area contributed by atoms with Crippen molar-refractivity contribution in [2.75, 3.05) is 0 Å². The number of nitrogens with two attached hydrogens (primary N) is 1. The van der Waals surface area contributed by atoms with Crippen molar-refractivity contribution in [1.82, 2.24) is 0 Å². The number of carbonyl (C=O) groups is 1. The van der Waals surface area contributed by atoms with Gasteiger partial charge < -0.3 is 15.9 Å². The van der Waals surface area contributed by atoms with Crippen molar-refractivity contribution in [3.05, 3.63) is 35.9 Å². The van der Waals surface area contributed by atoms with Crippen molar-refractivity contribution in [2.24, 2.45) is 5.73 Å². The molecule has 0 aromatic heterocycles. The zero-order chi connectivity index (χ0) is 11.5. The van der Waals surface area contributed by atoms with E-state index < -0.39 is 17.6 Å². The highest BCUT2D eigenvalue weighted by Gasteiger charge is 2.39. The summed E-state index contributed by atoms with van der Waals surface area (Å²) in [4.78, 5) is 11.0. The lowest BCUT2D eigenvalue weighted by molar-refractivity contribution is -0.147. The number of aliphatic hydroxyl groups is 1. The van der Waals surface area contributed by atoms with E-state index in [4.69, 9.17) is 10.8 Å². The van der Waals surface area contributed by atoms with Crippen LogP contribution in [0.4, 0.5) is 0 Å². The Labute approximate surface area is 88.3 Å². The Hall–Kier alpha value is -1.39. The molecule has 15 heavy (non-hydrogen) atoms. The normalized spacial score (nSPS) is 16.7. The van der Waals surface area contributed by atoms with Crippen LogP contribution in [0, 0.1) is 0 Å². The fourth-order valence-corrected chi connectivity index (χ4v) is 1.34. The second-order valence-electron chi connectivity index (χ2n) is 3.68. The largest absolute Gasteiger partial charge is 0.480 e. The molecule has 4 heteroatoms. The Morgan fingerprint density at radius 3 is 2.40 bits per heavy atom. The predicted octanol–water partition coefficient (Wildman–Crippen LogP) is 0.392. The molecule has 1 rings (SSSR count). The van der Waals surface area contributed by atoms with Crippen LogP contribution in [0.3, 0.4) is 0 Å². The molecule has 0 aliphatic rings. The van der Waals surface area contributed by atoms with Crippen molar-refractivity contribution in [2.45, 2.75) is 25.0 Å². The van der Waals surface area contributed by atoms with Crippen LogP contribution in [0.15, 0.2) is 30.3 Å². The molecule has 0 fully saturated rings.